The molecule has 0 aliphatic heterocycles. The van der Waals surface area contributed by atoms with Crippen molar-refractivity contribution in [1.29, 1.82) is 0 Å². The molecular weight excluding hydrogens is 204 g/mol. The average molecular weight is 222 g/mol. The van der Waals surface area contributed by atoms with Gasteiger partial charge in [-0.05, 0) is 18.8 Å². The number of nitrogen functional groups attached to an aromatic ring is 1. The fourth-order valence-electron chi connectivity index (χ4n) is 2.20. The highest BCUT2D eigenvalue weighted by Gasteiger charge is 2.22. The van der Waals surface area contributed by atoms with Gasteiger partial charge in [0.15, 0.2) is 11.6 Å². The van der Waals surface area contributed by atoms with Crippen LogP contribution in [0.1, 0.15) is 32.6 Å². The molecule has 2 rings (SSSR count). The minimum Gasteiger partial charge on any atom is -0.502 e. The van der Waals surface area contributed by atoms with Crippen LogP contribution < -0.4 is 11.1 Å². The molecule has 5 nitrogen and oxygen atoms in total. The van der Waals surface area contributed by atoms with E-state index in [1.807, 2.05) is 0 Å². The monoisotopic (exact) mass is 222 g/mol. The van der Waals surface area contributed by atoms with Gasteiger partial charge < -0.3 is 16.2 Å². The van der Waals surface area contributed by atoms with E-state index in [4.69, 9.17) is 5.73 Å². The van der Waals surface area contributed by atoms with E-state index in [2.05, 4.69) is 22.2 Å². The zero-order valence-corrected chi connectivity index (χ0v) is 9.48. The Bertz CT molecular complexity index is 369. The Labute approximate surface area is 95.1 Å². The quantitative estimate of drug-likeness (QED) is 0.710. The lowest BCUT2D eigenvalue weighted by Gasteiger charge is -2.30. The van der Waals surface area contributed by atoms with E-state index in [-0.39, 0.29) is 11.6 Å². The van der Waals surface area contributed by atoms with Crippen LogP contribution >= 0.6 is 0 Å². The first kappa shape index (κ1) is 11.0. The van der Waals surface area contributed by atoms with Gasteiger partial charge in [0.25, 0.3) is 0 Å². The van der Waals surface area contributed by atoms with Crippen molar-refractivity contribution in [3.63, 3.8) is 0 Å². The minimum atomic E-state index is -0.0414. The molecule has 0 spiro atoms. The lowest BCUT2D eigenvalue weighted by Crippen LogP contribution is -2.30. The molecule has 16 heavy (non-hydrogen) atoms. The molecule has 1 aromatic rings. The maximum absolute atomic E-state index is 9.70. The standard InChI is InChI=1S/C11H18N4O/c1-7-4-2-3-5-8(7)15-11-9(16)10(12)13-6-14-11/h6-8,16H,2-5H2,1H3,(H3,12,13,14,15). The summed E-state index contributed by atoms with van der Waals surface area (Å²) in [4.78, 5) is 7.74. The molecule has 0 amide bonds. The SMILES string of the molecule is CC1CCCCC1Nc1ncnc(N)c1O. The first-order valence-corrected chi connectivity index (χ1v) is 5.74. The van der Waals surface area contributed by atoms with E-state index in [1.165, 1.54) is 25.6 Å². The van der Waals surface area contributed by atoms with E-state index < -0.39 is 0 Å². The number of aromatic hydroxyl groups is 1. The smallest absolute Gasteiger partial charge is 0.201 e. The van der Waals surface area contributed by atoms with Gasteiger partial charge in [0.1, 0.15) is 6.33 Å². The molecule has 0 radical (unpaired) electrons. The maximum atomic E-state index is 9.70. The molecule has 88 valence electrons. The van der Waals surface area contributed by atoms with Crippen LogP contribution in [0.15, 0.2) is 6.33 Å². The second-order valence-corrected chi connectivity index (χ2v) is 4.47. The van der Waals surface area contributed by atoms with Gasteiger partial charge in [-0.1, -0.05) is 19.8 Å². The largest absolute Gasteiger partial charge is 0.502 e. The number of hydrogen-bond donors (Lipinski definition) is 3. The summed E-state index contributed by atoms with van der Waals surface area (Å²) in [6.45, 7) is 2.22. The second kappa shape index (κ2) is 4.55. The molecule has 0 aromatic carbocycles. The van der Waals surface area contributed by atoms with E-state index in [9.17, 15) is 5.11 Å². The fraction of sp³-hybridized carbons (Fsp3) is 0.636. The molecule has 5 heteroatoms. The Morgan fingerprint density at radius 2 is 2.12 bits per heavy atom. The Morgan fingerprint density at radius 1 is 1.38 bits per heavy atom. The van der Waals surface area contributed by atoms with Crippen LogP contribution in [0.25, 0.3) is 0 Å². The van der Waals surface area contributed by atoms with E-state index in [0.717, 1.165) is 6.42 Å². The highest BCUT2D eigenvalue weighted by molar-refractivity contribution is 5.60. The lowest BCUT2D eigenvalue weighted by molar-refractivity contribution is 0.347. The molecule has 0 saturated heterocycles. The summed E-state index contributed by atoms with van der Waals surface area (Å²) in [5.74, 6) is 1.14. The number of nitrogens with two attached hydrogens (primary N) is 1. The Morgan fingerprint density at radius 3 is 2.88 bits per heavy atom. The van der Waals surface area contributed by atoms with Crippen LogP contribution in [0.4, 0.5) is 11.6 Å². The van der Waals surface area contributed by atoms with Crippen LogP contribution in [0.3, 0.4) is 0 Å². The first-order chi connectivity index (χ1) is 7.68. The second-order valence-electron chi connectivity index (χ2n) is 4.47. The van der Waals surface area contributed by atoms with Crippen molar-refractivity contribution in [2.45, 2.75) is 38.6 Å². The Kier molecular flexibility index (Phi) is 3.12. The number of anilines is 2. The van der Waals surface area contributed by atoms with E-state index >= 15 is 0 Å². The fourth-order valence-corrected chi connectivity index (χ4v) is 2.20. The number of nitrogens with one attached hydrogen (secondary N) is 1. The van der Waals surface area contributed by atoms with Crippen molar-refractivity contribution < 1.29 is 5.11 Å². The molecule has 1 aliphatic rings. The summed E-state index contributed by atoms with van der Waals surface area (Å²) in [7, 11) is 0. The van der Waals surface area contributed by atoms with Crippen molar-refractivity contribution >= 4 is 11.6 Å². The van der Waals surface area contributed by atoms with Crippen molar-refractivity contribution in [2.75, 3.05) is 11.1 Å². The van der Waals surface area contributed by atoms with Gasteiger partial charge in [0, 0.05) is 6.04 Å². The molecule has 0 bridgehead atoms. The molecule has 4 N–H and O–H groups in total. The van der Waals surface area contributed by atoms with Crippen LogP contribution in [-0.2, 0) is 0 Å². The third kappa shape index (κ3) is 2.18. The third-order valence-corrected chi connectivity index (χ3v) is 3.28. The van der Waals surface area contributed by atoms with Crippen LogP contribution in [0.2, 0.25) is 0 Å². The maximum Gasteiger partial charge on any atom is 0.201 e. The minimum absolute atomic E-state index is 0.0414. The van der Waals surface area contributed by atoms with Crippen LogP contribution in [0, 0.1) is 5.92 Å². The Hall–Kier alpha value is -1.52. The Balaban J connectivity index is 2.10. The summed E-state index contributed by atoms with van der Waals surface area (Å²) < 4.78 is 0. The lowest BCUT2D eigenvalue weighted by atomic mass is 9.86. The zero-order valence-electron chi connectivity index (χ0n) is 9.48. The molecule has 2 atom stereocenters. The van der Waals surface area contributed by atoms with Gasteiger partial charge in [-0.2, -0.15) is 0 Å². The van der Waals surface area contributed by atoms with Gasteiger partial charge in [-0.3, -0.25) is 0 Å². The number of rotatable bonds is 2. The van der Waals surface area contributed by atoms with Crippen molar-refractivity contribution in [1.82, 2.24) is 9.97 Å². The van der Waals surface area contributed by atoms with Crippen LogP contribution in [-0.4, -0.2) is 21.1 Å². The molecular formula is C11H18N4O. The van der Waals surface area contributed by atoms with Crippen molar-refractivity contribution in [2.24, 2.45) is 5.92 Å². The highest BCUT2D eigenvalue weighted by Crippen LogP contribution is 2.30. The van der Waals surface area contributed by atoms with Gasteiger partial charge in [-0.15, -0.1) is 0 Å². The summed E-state index contributed by atoms with van der Waals surface area (Å²) in [6, 6.07) is 0.369. The summed E-state index contributed by atoms with van der Waals surface area (Å²) in [6.07, 6.45) is 6.22. The molecule has 2 unspecified atom stereocenters. The van der Waals surface area contributed by atoms with E-state index in [0.29, 0.717) is 17.8 Å². The molecule has 1 saturated carbocycles. The third-order valence-electron chi connectivity index (χ3n) is 3.28. The van der Waals surface area contributed by atoms with E-state index in [1.54, 1.807) is 0 Å². The molecule has 1 aliphatic carbocycles. The number of aromatic nitrogens is 2. The molecule has 1 heterocycles. The molecule has 1 fully saturated rings. The predicted octanol–water partition coefficient (Wildman–Crippen LogP) is 1.75. The zero-order chi connectivity index (χ0) is 11.5. The normalized spacial score (nSPS) is 25.3. The van der Waals surface area contributed by atoms with Crippen molar-refractivity contribution in [3.05, 3.63) is 6.33 Å². The van der Waals surface area contributed by atoms with Gasteiger partial charge in [-0.25, -0.2) is 9.97 Å². The average Bonchev–Trinajstić information content (AvgIpc) is 2.28. The topological polar surface area (TPSA) is 84.1 Å². The number of hydrogen-bond acceptors (Lipinski definition) is 5. The van der Waals surface area contributed by atoms with Gasteiger partial charge in [0.2, 0.25) is 5.75 Å². The van der Waals surface area contributed by atoms with Gasteiger partial charge >= 0.3 is 0 Å². The summed E-state index contributed by atoms with van der Waals surface area (Å²) in [5, 5.41) is 13.0. The first-order valence-electron chi connectivity index (χ1n) is 5.74. The summed E-state index contributed by atoms with van der Waals surface area (Å²) >= 11 is 0. The van der Waals surface area contributed by atoms with Crippen molar-refractivity contribution in [3.8, 4) is 5.75 Å². The number of nitrogens with zero attached hydrogens (tertiary/aromatic N) is 2. The molecule has 1 aromatic heterocycles. The highest BCUT2D eigenvalue weighted by atomic mass is 16.3. The summed E-state index contributed by atoms with van der Waals surface area (Å²) in [5.41, 5.74) is 5.52. The van der Waals surface area contributed by atoms with Crippen LogP contribution in [0.5, 0.6) is 5.75 Å². The van der Waals surface area contributed by atoms with Gasteiger partial charge in [0.05, 0.1) is 0 Å². The predicted molar refractivity (Wildman–Crippen MR) is 63.2 cm³/mol.